The summed E-state index contributed by atoms with van der Waals surface area (Å²) in [6.45, 7) is 4.24. The second kappa shape index (κ2) is 8.53. The summed E-state index contributed by atoms with van der Waals surface area (Å²) in [6, 6.07) is 9.17. The summed E-state index contributed by atoms with van der Waals surface area (Å²) in [4.78, 5) is 6.09. The van der Waals surface area contributed by atoms with Crippen molar-refractivity contribution in [1.82, 2.24) is 4.90 Å². The first-order valence-corrected chi connectivity index (χ1v) is 8.81. The first kappa shape index (κ1) is 22.2. The number of aliphatic hydroxyl groups is 1. The number of rotatable bonds is 6. The van der Waals surface area contributed by atoms with Gasteiger partial charge in [-0.05, 0) is 43.2 Å². The van der Waals surface area contributed by atoms with Crippen molar-refractivity contribution < 1.29 is 23.0 Å². The van der Waals surface area contributed by atoms with Gasteiger partial charge in [0, 0.05) is 25.2 Å². The van der Waals surface area contributed by atoms with Crippen molar-refractivity contribution in [2.45, 2.75) is 25.6 Å². The second-order valence-corrected chi connectivity index (χ2v) is 6.56. The molecular formula is C21H22F3N3O2. The van der Waals surface area contributed by atoms with Crippen molar-refractivity contribution in [3.63, 3.8) is 0 Å². The van der Waals surface area contributed by atoms with Gasteiger partial charge in [0.1, 0.15) is 5.75 Å². The molecule has 0 saturated carbocycles. The van der Waals surface area contributed by atoms with E-state index >= 15 is 0 Å². The number of halogens is 3. The molecule has 1 atom stereocenters. The van der Waals surface area contributed by atoms with Crippen LogP contribution in [0.4, 0.5) is 18.9 Å². The summed E-state index contributed by atoms with van der Waals surface area (Å²) >= 11 is 0. The van der Waals surface area contributed by atoms with Gasteiger partial charge in [-0.25, -0.2) is 4.99 Å². The van der Waals surface area contributed by atoms with Gasteiger partial charge in [-0.1, -0.05) is 12.1 Å². The number of nitriles is 1. The van der Waals surface area contributed by atoms with Gasteiger partial charge in [0.15, 0.2) is 0 Å². The minimum Gasteiger partial charge on any atom is -0.496 e. The van der Waals surface area contributed by atoms with E-state index in [4.69, 9.17) is 10.00 Å². The Morgan fingerprint density at radius 2 is 1.97 bits per heavy atom. The van der Waals surface area contributed by atoms with Gasteiger partial charge < -0.3 is 14.7 Å². The van der Waals surface area contributed by atoms with Crippen molar-refractivity contribution in [1.29, 1.82) is 5.26 Å². The molecule has 0 spiro atoms. The van der Waals surface area contributed by atoms with Gasteiger partial charge in [0.25, 0.3) is 0 Å². The van der Waals surface area contributed by atoms with Crippen LogP contribution in [0.1, 0.15) is 29.2 Å². The molecular weight excluding hydrogens is 383 g/mol. The van der Waals surface area contributed by atoms with Crippen LogP contribution in [0.2, 0.25) is 0 Å². The fourth-order valence-electron chi connectivity index (χ4n) is 2.80. The maximum Gasteiger partial charge on any atom is 0.425 e. The maximum absolute atomic E-state index is 14.1. The molecule has 0 aliphatic rings. The molecule has 0 bridgehead atoms. The molecule has 0 saturated heterocycles. The van der Waals surface area contributed by atoms with Crippen molar-refractivity contribution in [2.75, 3.05) is 20.7 Å². The molecule has 0 aliphatic carbocycles. The molecule has 2 aromatic carbocycles. The number of hydrogen-bond acceptors (Lipinski definition) is 4. The van der Waals surface area contributed by atoms with Gasteiger partial charge >= 0.3 is 6.18 Å². The van der Waals surface area contributed by atoms with Crippen molar-refractivity contribution >= 4 is 12.0 Å². The smallest absolute Gasteiger partial charge is 0.425 e. The largest absolute Gasteiger partial charge is 0.496 e. The minimum absolute atomic E-state index is 0.00434. The standard InChI is InChI=1S/C21H22F3N3O2/c1-5-27(3)13-26-18-11-19(29-4)17(9-14(18)2)20(28,21(22,23)24)16-8-6-7-15(10-16)12-25/h6-11,13,28H,5H2,1-4H3. The van der Waals surface area contributed by atoms with Crippen LogP contribution in [-0.2, 0) is 5.60 Å². The van der Waals surface area contributed by atoms with E-state index in [2.05, 4.69) is 4.99 Å². The molecule has 0 heterocycles. The van der Waals surface area contributed by atoms with E-state index in [-0.39, 0.29) is 11.3 Å². The normalized spacial score (nSPS) is 13.8. The highest BCUT2D eigenvalue weighted by atomic mass is 19.4. The molecule has 1 N–H and O–H groups in total. The van der Waals surface area contributed by atoms with E-state index in [1.807, 2.05) is 14.0 Å². The predicted molar refractivity (Wildman–Crippen MR) is 104 cm³/mol. The first-order valence-electron chi connectivity index (χ1n) is 8.81. The Balaban J connectivity index is 2.73. The highest BCUT2D eigenvalue weighted by molar-refractivity contribution is 5.66. The lowest BCUT2D eigenvalue weighted by molar-refractivity contribution is -0.248. The topological polar surface area (TPSA) is 68.8 Å². The number of hydrogen-bond donors (Lipinski definition) is 1. The molecule has 29 heavy (non-hydrogen) atoms. The molecule has 0 aliphatic heterocycles. The molecule has 5 nitrogen and oxygen atoms in total. The van der Waals surface area contributed by atoms with E-state index in [0.29, 0.717) is 17.8 Å². The molecule has 0 amide bonds. The van der Waals surface area contributed by atoms with E-state index in [0.717, 1.165) is 12.1 Å². The highest BCUT2D eigenvalue weighted by Gasteiger charge is 2.57. The molecule has 0 fully saturated rings. The van der Waals surface area contributed by atoms with Crippen LogP contribution in [0.15, 0.2) is 41.4 Å². The number of ether oxygens (including phenoxy) is 1. The average molecular weight is 405 g/mol. The number of aliphatic imine (C=N–C) groups is 1. The molecule has 0 radical (unpaired) electrons. The van der Waals surface area contributed by atoms with Crippen LogP contribution >= 0.6 is 0 Å². The van der Waals surface area contributed by atoms with E-state index in [9.17, 15) is 18.3 Å². The minimum atomic E-state index is -5.06. The predicted octanol–water partition coefficient (Wildman–Crippen LogP) is 4.29. The summed E-state index contributed by atoms with van der Waals surface area (Å²) in [7, 11) is 3.04. The second-order valence-electron chi connectivity index (χ2n) is 6.56. The lowest BCUT2D eigenvalue weighted by Crippen LogP contribution is -2.43. The Bertz CT molecular complexity index is 951. The van der Waals surface area contributed by atoms with Gasteiger partial charge in [-0.3, -0.25) is 0 Å². The summed E-state index contributed by atoms with van der Waals surface area (Å²) in [5, 5.41) is 20.0. The summed E-state index contributed by atoms with van der Waals surface area (Å²) in [6.07, 6.45) is -3.50. The average Bonchev–Trinajstić information content (AvgIpc) is 2.70. The van der Waals surface area contributed by atoms with E-state index in [1.165, 1.54) is 31.4 Å². The molecule has 1 unspecified atom stereocenters. The van der Waals surface area contributed by atoms with Crippen molar-refractivity contribution in [3.8, 4) is 11.8 Å². The lowest BCUT2D eigenvalue weighted by atomic mass is 9.83. The number of methoxy groups -OCH3 is 1. The zero-order valence-corrected chi connectivity index (χ0v) is 16.6. The molecule has 8 heteroatoms. The third kappa shape index (κ3) is 4.35. The Labute approximate surface area is 167 Å². The van der Waals surface area contributed by atoms with Gasteiger partial charge in [-0.15, -0.1) is 0 Å². The number of alkyl halides is 3. The Morgan fingerprint density at radius 3 is 2.52 bits per heavy atom. The Hall–Kier alpha value is -3.05. The third-order valence-corrected chi connectivity index (χ3v) is 4.62. The van der Waals surface area contributed by atoms with Gasteiger partial charge in [0.2, 0.25) is 5.60 Å². The van der Waals surface area contributed by atoms with Crippen molar-refractivity contribution in [3.05, 3.63) is 58.7 Å². The fraction of sp³-hybridized carbons (Fsp3) is 0.333. The molecule has 154 valence electrons. The summed E-state index contributed by atoms with van der Waals surface area (Å²) in [5.41, 5.74) is -3.45. The number of benzene rings is 2. The van der Waals surface area contributed by atoms with Crippen molar-refractivity contribution in [2.24, 2.45) is 4.99 Å². The molecule has 0 aromatic heterocycles. The SMILES string of the molecule is CCN(C)C=Nc1cc(OC)c(C(O)(c2cccc(C#N)c2)C(F)(F)F)cc1C. The lowest BCUT2D eigenvalue weighted by Gasteiger charge is -2.33. The van der Waals surface area contributed by atoms with E-state index in [1.54, 1.807) is 24.2 Å². The quantitative estimate of drug-likeness (QED) is 0.575. The number of aryl methyl sites for hydroxylation is 1. The molecule has 2 rings (SSSR count). The maximum atomic E-state index is 14.1. The third-order valence-electron chi connectivity index (χ3n) is 4.62. The summed E-state index contributed by atoms with van der Waals surface area (Å²) in [5.74, 6) is -0.163. The summed E-state index contributed by atoms with van der Waals surface area (Å²) < 4.78 is 47.6. The zero-order valence-electron chi connectivity index (χ0n) is 16.6. The fourth-order valence-corrected chi connectivity index (χ4v) is 2.80. The zero-order chi connectivity index (χ0) is 21.8. The van der Waals surface area contributed by atoms with Crippen LogP contribution in [0, 0.1) is 18.3 Å². The van der Waals surface area contributed by atoms with Gasteiger partial charge in [0.05, 0.1) is 30.8 Å². The molecule has 2 aromatic rings. The monoisotopic (exact) mass is 405 g/mol. The number of nitrogens with zero attached hydrogens (tertiary/aromatic N) is 3. The van der Waals surface area contributed by atoms with Gasteiger partial charge in [-0.2, -0.15) is 18.4 Å². The van der Waals surface area contributed by atoms with E-state index < -0.39 is 22.9 Å². The Morgan fingerprint density at radius 1 is 1.28 bits per heavy atom. The van der Waals surface area contributed by atoms with Crippen LogP contribution in [0.5, 0.6) is 5.75 Å². The van der Waals surface area contributed by atoms with Crippen LogP contribution in [-0.4, -0.2) is 43.2 Å². The van der Waals surface area contributed by atoms with Crippen LogP contribution in [0.25, 0.3) is 0 Å². The highest BCUT2D eigenvalue weighted by Crippen LogP contribution is 2.48. The van der Waals surface area contributed by atoms with Crippen LogP contribution in [0.3, 0.4) is 0 Å². The van der Waals surface area contributed by atoms with Crippen LogP contribution < -0.4 is 4.74 Å². The first-order chi connectivity index (χ1) is 13.6. The Kier molecular flexibility index (Phi) is 6.55.